The van der Waals surface area contributed by atoms with Crippen LogP contribution >= 0.6 is 11.8 Å². The number of nitrogens with one attached hydrogen (secondary N) is 1. The first-order chi connectivity index (χ1) is 14.4. The van der Waals surface area contributed by atoms with Gasteiger partial charge in [0, 0.05) is 22.8 Å². The molecule has 0 spiro atoms. The van der Waals surface area contributed by atoms with Gasteiger partial charge in [0.15, 0.2) is 0 Å². The van der Waals surface area contributed by atoms with Gasteiger partial charge < -0.3 is 4.90 Å². The molecular weight excluding hydrogens is 416 g/mol. The molecule has 0 radical (unpaired) electrons. The Kier molecular flexibility index (Phi) is 5.83. The number of carbonyl (C=O) groups excluding carboxylic acids is 1. The average molecular weight is 439 g/mol. The van der Waals surface area contributed by atoms with Gasteiger partial charge >= 0.3 is 0 Å². The van der Waals surface area contributed by atoms with Crippen molar-refractivity contribution in [1.82, 2.24) is 0 Å². The van der Waals surface area contributed by atoms with E-state index in [1.54, 1.807) is 36.4 Å². The highest BCUT2D eigenvalue weighted by molar-refractivity contribution is 8.00. The Morgan fingerprint density at radius 2 is 1.70 bits per heavy atom. The standard InChI is InChI=1S/C23H22N2O3S2/c1-17-6-12-21(13-7-17)30(27,28)24-19-8-10-20(11-9-19)29-16-23(26)25-15-14-18-4-2-3-5-22(18)25/h2-13,24H,14-16H2,1H3. The second kappa shape index (κ2) is 8.53. The van der Waals surface area contributed by atoms with Gasteiger partial charge in [0.05, 0.1) is 10.6 Å². The van der Waals surface area contributed by atoms with Crippen molar-refractivity contribution in [1.29, 1.82) is 0 Å². The number of hydrogen-bond acceptors (Lipinski definition) is 4. The zero-order valence-electron chi connectivity index (χ0n) is 16.5. The van der Waals surface area contributed by atoms with E-state index < -0.39 is 10.0 Å². The fourth-order valence-electron chi connectivity index (χ4n) is 3.37. The van der Waals surface area contributed by atoms with Crippen LogP contribution in [0.25, 0.3) is 0 Å². The number of anilines is 2. The lowest BCUT2D eigenvalue weighted by molar-refractivity contribution is -0.116. The first kappa shape index (κ1) is 20.5. The maximum atomic E-state index is 12.6. The number of sulfonamides is 1. The highest BCUT2D eigenvalue weighted by Crippen LogP contribution is 2.29. The van der Waals surface area contributed by atoms with Crippen molar-refractivity contribution in [2.24, 2.45) is 0 Å². The Morgan fingerprint density at radius 1 is 1.00 bits per heavy atom. The van der Waals surface area contributed by atoms with Crippen molar-refractivity contribution in [2.45, 2.75) is 23.1 Å². The summed E-state index contributed by atoms with van der Waals surface area (Å²) in [7, 11) is -3.63. The highest BCUT2D eigenvalue weighted by atomic mass is 32.2. The molecule has 30 heavy (non-hydrogen) atoms. The molecule has 0 aliphatic carbocycles. The van der Waals surface area contributed by atoms with Gasteiger partial charge in [0.25, 0.3) is 10.0 Å². The predicted molar refractivity (Wildman–Crippen MR) is 122 cm³/mol. The summed E-state index contributed by atoms with van der Waals surface area (Å²) < 4.78 is 27.6. The molecule has 1 aliphatic heterocycles. The maximum absolute atomic E-state index is 12.6. The van der Waals surface area contributed by atoms with Gasteiger partial charge in [-0.2, -0.15) is 0 Å². The number of para-hydroxylation sites is 1. The average Bonchev–Trinajstić information content (AvgIpc) is 3.17. The molecule has 154 valence electrons. The largest absolute Gasteiger partial charge is 0.311 e. The van der Waals surface area contributed by atoms with Gasteiger partial charge in [-0.25, -0.2) is 8.42 Å². The summed E-state index contributed by atoms with van der Waals surface area (Å²) in [6, 6.07) is 21.8. The van der Waals surface area contributed by atoms with Crippen molar-refractivity contribution in [3.05, 3.63) is 83.9 Å². The lowest BCUT2D eigenvalue weighted by Crippen LogP contribution is -2.30. The normalized spacial score (nSPS) is 13.2. The molecule has 1 N–H and O–H groups in total. The summed E-state index contributed by atoms with van der Waals surface area (Å²) in [6.07, 6.45) is 0.891. The van der Waals surface area contributed by atoms with Crippen molar-refractivity contribution < 1.29 is 13.2 Å². The van der Waals surface area contributed by atoms with E-state index in [9.17, 15) is 13.2 Å². The molecule has 5 nitrogen and oxygen atoms in total. The number of amides is 1. The molecule has 1 heterocycles. The Bertz CT molecular complexity index is 1160. The molecular formula is C23H22N2O3S2. The molecule has 3 aromatic carbocycles. The van der Waals surface area contributed by atoms with Crippen molar-refractivity contribution in [3.8, 4) is 0 Å². The van der Waals surface area contributed by atoms with Crippen LogP contribution in [0.5, 0.6) is 0 Å². The van der Waals surface area contributed by atoms with E-state index in [1.165, 1.54) is 17.3 Å². The second-order valence-electron chi connectivity index (χ2n) is 7.16. The second-order valence-corrected chi connectivity index (χ2v) is 9.89. The summed E-state index contributed by atoms with van der Waals surface area (Å²) in [4.78, 5) is 15.6. The number of hydrogen-bond donors (Lipinski definition) is 1. The molecule has 3 aromatic rings. The van der Waals surface area contributed by atoms with Crippen molar-refractivity contribution in [2.75, 3.05) is 21.9 Å². The van der Waals surface area contributed by atoms with Crippen LogP contribution in [0.2, 0.25) is 0 Å². The number of thioether (sulfide) groups is 1. The van der Waals surface area contributed by atoms with Crippen LogP contribution < -0.4 is 9.62 Å². The summed E-state index contributed by atoms with van der Waals surface area (Å²) in [5.74, 6) is 0.414. The molecule has 0 saturated carbocycles. The molecule has 0 aromatic heterocycles. The molecule has 4 rings (SSSR count). The molecule has 7 heteroatoms. The molecule has 1 aliphatic rings. The van der Waals surface area contributed by atoms with Crippen LogP contribution in [0.15, 0.2) is 82.6 Å². The first-order valence-electron chi connectivity index (χ1n) is 9.63. The van der Waals surface area contributed by atoms with Gasteiger partial charge in [-0.3, -0.25) is 9.52 Å². The third-order valence-electron chi connectivity index (χ3n) is 4.99. The number of aryl methyl sites for hydroxylation is 1. The van der Waals surface area contributed by atoms with Crippen LogP contribution in [0.3, 0.4) is 0 Å². The zero-order valence-corrected chi connectivity index (χ0v) is 18.2. The van der Waals surface area contributed by atoms with E-state index in [2.05, 4.69) is 10.8 Å². The minimum atomic E-state index is -3.63. The van der Waals surface area contributed by atoms with Gasteiger partial charge in [-0.15, -0.1) is 11.8 Å². The minimum absolute atomic E-state index is 0.0779. The van der Waals surface area contributed by atoms with Crippen LogP contribution in [0.1, 0.15) is 11.1 Å². The van der Waals surface area contributed by atoms with E-state index in [1.807, 2.05) is 42.2 Å². The Balaban J connectivity index is 1.36. The van der Waals surface area contributed by atoms with Gasteiger partial charge in [-0.1, -0.05) is 35.9 Å². The van der Waals surface area contributed by atoms with Crippen LogP contribution in [0.4, 0.5) is 11.4 Å². The fourth-order valence-corrected chi connectivity index (χ4v) is 5.20. The third-order valence-corrected chi connectivity index (χ3v) is 7.38. The van der Waals surface area contributed by atoms with E-state index in [-0.39, 0.29) is 10.8 Å². The quantitative estimate of drug-likeness (QED) is 0.577. The predicted octanol–water partition coefficient (Wildman–Crippen LogP) is 4.48. The van der Waals surface area contributed by atoms with Crippen LogP contribution in [-0.4, -0.2) is 26.6 Å². The molecule has 0 atom stereocenters. The number of fused-ring (bicyclic) bond motifs is 1. The Morgan fingerprint density at radius 3 is 2.43 bits per heavy atom. The lowest BCUT2D eigenvalue weighted by atomic mass is 10.2. The smallest absolute Gasteiger partial charge is 0.261 e. The molecule has 0 fully saturated rings. The van der Waals surface area contributed by atoms with Crippen LogP contribution in [0, 0.1) is 6.92 Å². The molecule has 0 bridgehead atoms. The first-order valence-corrected chi connectivity index (χ1v) is 12.1. The zero-order chi connectivity index (χ0) is 21.1. The Labute approximate surface area is 181 Å². The van der Waals surface area contributed by atoms with Gasteiger partial charge in [-0.05, 0) is 61.4 Å². The van der Waals surface area contributed by atoms with Gasteiger partial charge in [0.1, 0.15) is 0 Å². The van der Waals surface area contributed by atoms with Crippen molar-refractivity contribution >= 4 is 39.1 Å². The van der Waals surface area contributed by atoms with Gasteiger partial charge in [0.2, 0.25) is 5.91 Å². The lowest BCUT2D eigenvalue weighted by Gasteiger charge is -2.17. The minimum Gasteiger partial charge on any atom is -0.311 e. The third kappa shape index (κ3) is 4.52. The fraction of sp³-hybridized carbons (Fsp3) is 0.174. The number of benzene rings is 3. The summed E-state index contributed by atoms with van der Waals surface area (Å²) >= 11 is 1.45. The van der Waals surface area contributed by atoms with Crippen molar-refractivity contribution in [3.63, 3.8) is 0 Å². The Hall–Kier alpha value is -2.77. The maximum Gasteiger partial charge on any atom is 0.261 e. The van der Waals surface area contributed by atoms with E-state index in [0.717, 1.165) is 29.1 Å². The molecule has 0 saturated heterocycles. The number of nitrogens with zero attached hydrogens (tertiary/aromatic N) is 1. The summed E-state index contributed by atoms with van der Waals surface area (Å²) in [6.45, 7) is 2.63. The van der Waals surface area contributed by atoms with Crippen LogP contribution in [-0.2, 0) is 21.2 Å². The molecule has 0 unspecified atom stereocenters. The number of carbonyl (C=O) groups is 1. The highest BCUT2D eigenvalue weighted by Gasteiger charge is 2.23. The topological polar surface area (TPSA) is 66.5 Å². The molecule has 1 amide bonds. The van der Waals surface area contributed by atoms with E-state index in [4.69, 9.17) is 0 Å². The van der Waals surface area contributed by atoms with E-state index in [0.29, 0.717) is 11.4 Å². The summed E-state index contributed by atoms with van der Waals surface area (Å²) in [5.41, 5.74) is 3.70. The summed E-state index contributed by atoms with van der Waals surface area (Å²) in [5, 5.41) is 0. The van der Waals surface area contributed by atoms with E-state index >= 15 is 0 Å². The number of rotatable bonds is 6. The SMILES string of the molecule is Cc1ccc(S(=O)(=O)Nc2ccc(SCC(=O)N3CCc4ccccc43)cc2)cc1. The monoisotopic (exact) mass is 438 g/mol.